The lowest BCUT2D eigenvalue weighted by molar-refractivity contribution is -0.122. The molecular formula is C13H15FN2O. The number of nitrogens with zero attached hydrogens (tertiary/aromatic N) is 1. The Morgan fingerprint density at radius 2 is 2.29 bits per heavy atom. The number of rotatable bonds is 4. The van der Waals surface area contributed by atoms with Crippen LogP contribution in [0.3, 0.4) is 0 Å². The van der Waals surface area contributed by atoms with Crippen molar-refractivity contribution in [1.29, 1.82) is 5.26 Å². The van der Waals surface area contributed by atoms with Crippen LogP contribution in [-0.4, -0.2) is 12.5 Å². The van der Waals surface area contributed by atoms with Gasteiger partial charge in [-0.3, -0.25) is 4.79 Å². The number of amides is 1. The summed E-state index contributed by atoms with van der Waals surface area (Å²) in [6.07, 6.45) is 0.635. The van der Waals surface area contributed by atoms with Crippen molar-refractivity contribution in [3.8, 4) is 6.07 Å². The number of nitriles is 1. The van der Waals surface area contributed by atoms with Crippen molar-refractivity contribution in [3.05, 3.63) is 35.1 Å². The van der Waals surface area contributed by atoms with Gasteiger partial charge in [0.2, 0.25) is 5.91 Å². The molecule has 1 atom stereocenters. The van der Waals surface area contributed by atoms with Crippen LogP contribution in [0.25, 0.3) is 0 Å². The summed E-state index contributed by atoms with van der Waals surface area (Å²) in [5.41, 5.74) is 1.86. The second-order valence-electron chi connectivity index (χ2n) is 3.96. The topological polar surface area (TPSA) is 52.9 Å². The van der Waals surface area contributed by atoms with Gasteiger partial charge < -0.3 is 5.32 Å². The summed E-state index contributed by atoms with van der Waals surface area (Å²) in [4.78, 5) is 11.3. The zero-order valence-electron chi connectivity index (χ0n) is 9.96. The van der Waals surface area contributed by atoms with Crippen molar-refractivity contribution in [2.45, 2.75) is 20.3 Å². The molecule has 1 unspecified atom stereocenters. The van der Waals surface area contributed by atoms with Crippen LogP contribution in [-0.2, 0) is 11.2 Å². The van der Waals surface area contributed by atoms with E-state index >= 15 is 0 Å². The van der Waals surface area contributed by atoms with E-state index in [1.54, 1.807) is 13.0 Å². The van der Waals surface area contributed by atoms with Gasteiger partial charge in [0.1, 0.15) is 11.7 Å². The maximum Gasteiger partial charge on any atom is 0.237 e. The predicted molar refractivity (Wildman–Crippen MR) is 62.6 cm³/mol. The van der Waals surface area contributed by atoms with Crippen LogP contribution < -0.4 is 5.32 Å². The molecule has 0 heterocycles. The highest BCUT2D eigenvalue weighted by Gasteiger charge is 2.10. The van der Waals surface area contributed by atoms with E-state index in [1.165, 1.54) is 12.1 Å². The van der Waals surface area contributed by atoms with Gasteiger partial charge in [0, 0.05) is 6.54 Å². The van der Waals surface area contributed by atoms with E-state index in [0.29, 0.717) is 13.0 Å². The molecule has 1 aromatic carbocycles. The lowest BCUT2D eigenvalue weighted by Crippen LogP contribution is -2.30. The number of carbonyl (C=O) groups is 1. The fraction of sp³-hybridized carbons (Fsp3) is 0.385. The molecule has 4 heteroatoms. The van der Waals surface area contributed by atoms with Crippen LogP contribution >= 0.6 is 0 Å². The highest BCUT2D eigenvalue weighted by atomic mass is 19.1. The number of nitrogens with one attached hydrogen (secondary N) is 1. The molecule has 0 aliphatic heterocycles. The van der Waals surface area contributed by atoms with Crippen molar-refractivity contribution >= 4 is 5.91 Å². The average Bonchev–Trinajstić information content (AvgIpc) is 2.30. The first-order valence-electron chi connectivity index (χ1n) is 5.47. The van der Waals surface area contributed by atoms with Crippen molar-refractivity contribution < 1.29 is 9.18 Å². The Hall–Kier alpha value is -1.89. The summed E-state index contributed by atoms with van der Waals surface area (Å²) in [6, 6.07) is 6.46. The molecule has 90 valence electrons. The second-order valence-corrected chi connectivity index (χ2v) is 3.96. The van der Waals surface area contributed by atoms with Gasteiger partial charge in [-0.2, -0.15) is 5.26 Å². The number of aryl methyl sites for hydroxylation is 1. The zero-order chi connectivity index (χ0) is 12.8. The smallest absolute Gasteiger partial charge is 0.237 e. The monoisotopic (exact) mass is 234 g/mol. The van der Waals surface area contributed by atoms with Crippen LogP contribution in [0, 0.1) is 30.0 Å². The maximum atomic E-state index is 12.8. The Bertz CT molecular complexity index is 451. The van der Waals surface area contributed by atoms with Gasteiger partial charge in [-0.15, -0.1) is 0 Å². The number of benzene rings is 1. The molecule has 1 N–H and O–H groups in total. The van der Waals surface area contributed by atoms with E-state index in [2.05, 4.69) is 5.32 Å². The first kappa shape index (κ1) is 13.2. The highest BCUT2D eigenvalue weighted by Crippen LogP contribution is 2.10. The summed E-state index contributed by atoms with van der Waals surface area (Å²) in [5, 5.41) is 11.2. The van der Waals surface area contributed by atoms with Crippen molar-refractivity contribution in [2.75, 3.05) is 6.54 Å². The Morgan fingerprint density at radius 3 is 2.88 bits per heavy atom. The minimum atomic E-state index is -0.635. The van der Waals surface area contributed by atoms with E-state index in [1.807, 2.05) is 13.0 Å². The normalized spacial score (nSPS) is 11.6. The largest absolute Gasteiger partial charge is 0.355 e. The molecule has 1 amide bonds. The summed E-state index contributed by atoms with van der Waals surface area (Å²) in [5.74, 6) is -1.16. The molecule has 3 nitrogen and oxygen atoms in total. The molecule has 1 aromatic rings. The Balaban J connectivity index is 2.47. The molecular weight excluding hydrogens is 219 g/mol. The zero-order valence-corrected chi connectivity index (χ0v) is 9.96. The van der Waals surface area contributed by atoms with Crippen LogP contribution in [0.2, 0.25) is 0 Å². The summed E-state index contributed by atoms with van der Waals surface area (Å²) in [6.45, 7) is 3.84. The molecule has 0 saturated carbocycles. The molecule has 0 bridgehead atoms. The van der Waals surface area contributed by atoms with Gasteiger partial charge in [-0.25, -0.2) is 4.39 Å². The van der Waals surface area contributed by atoms with Gasteiger partial charge in [0.15, 0.2) is 0 Å². The lowest BCUT2D eigenvalue weighted by Gasteiger charge is -2.08. The quantitative estimate of drug-likeness (QED) is 0.865. The fourth-order valence-corrected chi connectivity index (χ4v) is 1.47. The van der Waals surface area contributed by atoms with Gasteiger partial charge >= 0.3 is 0 Å². The minimum Gasteiger partial charge on any atom is -0.355 e. The third kappa shape index (κ3) is 3.87. The SMILES string of the molecule is Cc1cc(F)ccc1CCNC(=O)C(C)C#N. The number of halogens is 1. The standard InChI is InChI=1S/C13H15FN2O/c1-9-7-12(14)4-3-11(9)5-6-16-13(17)10(2)8-15/h3-4,7,10H,5-6H2,1-2H3,(H,16,17). The molecule has 17 heavy (non-hydrogen) atoms. The number of carbonyl (C=O) groups excluding carboxylic acids is 1. The Kier molecular flexibility index (Phi) is 4.65. The molecule has 0 aliphatic rings. The van der Waals surface area contributed by atoms with Crippen molar-refractivity contribution in [3.63, 3.8) is 0 Å². The molecule has 0 radical (unpaired) electrons. The van der Waals surface area contributed by atoms with Crippen LogP contribution in [0.15, 0.2) is 18.2 Å². The Labute approximate surface area is 100 Å². The van der Waals surface area contributed by atoms with Crippen LogP contribution in [0.4, 0.5) is 4.39 Å². The third-order valence-electron chi connectivity index (χ3n) is 2.59. The summed E-state index contributed by atoms with van der Waals surface area (Å²) < 4.78 is 12.8. The third-order valence-corrected chi connectivity index (χ3v) is 2.59. The molecule has 0 saturated heterocycles. The molecule has 0 aliphatic carbocycles. The average molecular weight is 234 g/mol. The predicted octanol–water partition coefficient (Wildman–Crippen LogP) is 1.95. The van der Waals surface area contributed by atoms with E-state index < -0.39 is 5.92 Å². The maximum absolute atomic E-state index is 12.8. The number of hydrogen-bond donors (Lipinski definition) is 1. The summed E-state index contributed by atoms with van der Waals surface area (Å²) >= 11 is 0. The molecule has 0 spiro atoms. The van der Waals surface area contributed by atoms with Gasteiger partial charge in [0.05, 0.1) is 6.07 Å². The van der Waals surface area contributed by atoms with E-state index in [4.69, 9.17) is 5.26 Å². The van der Waals surface area contributed by atoms with Gasteiger partial charge in [0.25, 0.3) is 0 Å². The number of hydrogen-bond acceptors (Lipinski definition) is 2. The molecule has 0 aromatic heterocycles. The van der Waals surface area contributed by atoms with Crippen molar-refractivity contribution in [2.24, 2.45) is 5.92 Å². The first-order chi connectivity index (χ1) is 8.04. The molecule has 1 rings (SSSR count). The lowest BCUT2D eigenvalue weighted by atomic mass is 10.1. The van der Waals surface area contributed by atoms with Crippen LogP contribution in [0.1, 0.15) is 18.1 Å². The van der Waals surface area contributed by atoms with Gasteiger partial charge in [-0.1, -0.05) is 6.07 Å². The van der Waals surface area contributed by atoms with E-state index in [0.717, 1.165) is 11.1 Å². The highest BCUT2D eigenvalue weighted by molar-refractivity contribution is 5.80. The first-order valence-corrected chi connectivity index (χ1v) is 5.47. The van der Waals surface area contributed by atoms with Crippen molar-refractivity contribution in [1.82, 2.24) is 5.32 Å². The Morgan fingerprint density at radius 1 is 1.59 bits per heavy atom. The van der Waals surface area contributed by atoms with E-state index in [9.17, 15) is 9.18 Å². The summed E-state index contributed by atoms with van der Waals surface area (Å²) in [7, 11) is 0. The fourth-order valence-electron chi connectivity index (χ4n) is 1.47. The second kappa shape index (κ2) is 6.00. The van der Waals surface area contributed by atoms with Gasteiger partial charge in [-0.05, 0) is 43.5 Å². The minimum absolute atomic E-state index is 0.256. The van der Waals surface area contributed by atoms with Crippen LogP contribution in [0.5, 0.6) is 0 Å². The molecule has 0 fully saturated rings. The van der Waals surface area contributed by atoms with E-state index in [-0.39, 0.29) is 11.7 Å².